The summed E-state index contributed by atoms with van der Waals surface area (Å²) in [7, 11) is 0. The molecule has 0 spiro atoms. The molecule has 0 aliphatic carbocycles. The van der Waals surface area contributed by atoms with Gasteiger partial charge in [0.2, 0.25) is 0 Å². The number of nitrogens with zero attached hydrogens (tertiary/aromatic N) is 1. The van der Waals surface area contributed by atoms with E-state index >= 15 is 0 Å². The molecule has 0 aliphatic rings. The fraction of sp³-hybridized carbons (Fsp3) is 0.444. The van der Waals surface area contributed by atoms with Gasteiger partial charge in [0.05, 0.1) is 12.3 Å². The molecule has 0 aliphatic heterocycles. The van der Waals surface area contributed by atoms with E-state index in [2.05, 4.69) is 4.98 Å². The molecule has 0 radical (unpaired) electrons. The number of rotatable bonds is 3. The first-order chi connectivity index (χ1) is 5.79. The summed E-state index contributed by atoms with van der Waals surface area (Å²) in [6.07, 6.45) is 1.75. The topological polar surface area (TPSA) is 48.1 Å². The maximum Gasteiger partial charge on any atom is 0.144 e. The fourth-order valence-electron chi connectivity index (χ4n) is 1.11. The van der Waals surface area contributed by atoms with Crippen LogP contribution in [0.2, 0.25) is 0 Å². The van der Waals surface area contributed by atoms with Crippen molar-refractivity contribution >= 4 is 0 Å². The average Bonchev–Trinajstić information content (AvgIpc) is 2.09. The van der Waals surface area contributed by atoms with Crippen molar-refractivity contribution in [1.82, 2.24) is 4.98 Å². The average molecular weight is 166 g/mol. The largest absolute Gasteiger partial charge is 0.492 e. The third-order valence-electron chi connectivity index (χ3n) is 1.67. The number of ether oxygens (including phenoxy) is 1. The van der Waals surface area contributed by atoms with E-state index in [-0.39, 0.29) is 0 Å². The molecule has 3 nitrogen and oxygen atoms in total. The quantitative estimate of drug-likeness (QED) is 0.735. The third kappa shape index (κ3) is 1.74. The van der Waals surface area contributed by atoms with Gasteiger partial charge >= 0.3 is 0 Å². The van der Waals surface area contributed by atoms with Gasteiger partial charge in [0.15, 0.2) is 0 Å². The third-order valence-corrected chi connectivity index (χ3v) is 1.67. The van der Waals surface area contributed by atoms with Crippen LogP contribution >= 0.6 is 0 Å². The predicted octanol–water partition coefficient (Wildman–Crippen LogP) is 1.25. The Morgan fingerprint density at radius 2 is 2.33 bits per heavy atom. The fourth-order valence-corrected chi connectivity index (χ4v) is 1.11. The molecule has 1 aromatic rings. The van der Waals surface area contributed by atoms with E-state index in [1.807, 2.05) is 19.9 Å². The predicted molar refractivity (Wildman–Crippen MR) is 48.0 cm³/mol. The van der Waals surface area contributed by atoms with Crippen LogP contribution in [0.15, 0.2) is 12.3 Å². The number of pyridine rings is 1. The molecule has 0 atom stereocenters. The van der Waals surface area contributed by atoms with Crippen LogP contribution in [0.1, 0.15) is 18.2 Å². The summed E-state index contributed by atoms with van der Waals surface area (Å²) < 4.78 is 5.42. The zero-order valence-electron chi connectivity index (χ0n) is 7.50. The highest BCUT2D eigenvalue weighted by atomic mass is 16.5. The minimum Gasteiger partial charge on any atom is -0.492 e. The van der Waals surface area contributed by atoms with Gasteiger partial charge in [-0.05, 0) is 19.9 Å². The summed E-state index contributed by atoms with van der Waals surface area (Å²) in [5.41, 5.74) is 7.46. The van der Waals surface area contributed by atoms with Crippen molar-refractivity contribution in [3.63, 3.8) is 0 Å². The lowest BCUT2D eigenvalue weighted by molar-refractivity contribution is 0.332. The second-order valence-electron chi connectivity index (χ2n) is 2.52. The zero-order valence-corrected chi connectivity index (χ0v) is 7.50. The van der Waals surface area contributed by atoms with Crippen LogP contribution in [-0.2, 0) is 6.54 Å². The van der Waals surface area contributed by atoms with Crippen molar-refractivity contribution < 1.29 is 4.74 Å². The number of hydrogen-bond donors (Lipinski definition) is 1. The molecule has 3 heteroatoms. The molecule has 12 heavy (non-hydrogen) atoms. The number of nitrogens with two attached hydrogens (primary N) is 1. The van der Waals surface area contributed by atoms with Gasteiger partial charge in [-0.3, -0.25) is 4.98 Å². The van der Waals surface area contributed by atoms with Crippen molar-refractivity contribution in [3.05, 3.63) is 23.5 Å². The van der Waals surface area contributed by atoms with Gasteiger partial charge in [-0.25, -0.2) is 0 Å². The molecule has 0 saturated carbocycles. The molecule has 0 unspecified atom stereocenters. The molecule has 2 N–H and O–H groups in total. The van der Waals surface area contributed by atoms with Crippen LogP contribution in [0.3, 0.4) is 0 Å². The molecule has 66 valence electrons. The Morgan fingerprint density at radius 1 is 1.58 bits per heavy atom. The molecule has 1 rings (SSSR count). The summed E-state index contributed by atoms with van der Waals surface area (Å²) >= 11 is 0. The first kappa shape index (κ1) is 9.00. The minimum absolute atomic E-state index is 0.499. The van der Waals surface area contributed by atoms with Crippen molar-refractivity contribution in [2.75, 3.05) is 6.61 Å². The van der Waals surface area contributed by atoms with Crippen molar-refractivity contribution in [2.45, 2.75) is 20.4 Å². The Kier molecular flexibility index (Phi) is 3.05. The Balaban J connectivity index is 3.02. The van der Waals surface area contributed by atoms with Crippen molar-refractivity contribution in [3.8, 4) is 5.75 Å². The first-order valence-corrected chi connectivity index (χ1v) is 4.07. The number of hydrogen-bond acceptors (Lipinski definition) is 3. The van der Waals surface area contributed by atoms with Gasteiger partial charge in [0.25, 0.3) is 0 Å². The van der Waals surface area contributed by atoms with Crippen molar-refractivity contribution in [2.24, 2.45) is 5.73 Å². The van der Waals surface area contributed by atoms with Gasteiger partial charge in [0.1, 0.15) is 5.75 Å². The zero-order chi connectivity index (χ0) is 8.97. The normalized spacial score (nSPS) is 9.92. The standard InChI is InChI=1S/C9H14N2O/c1-3-12-9-7(2)11-5-4-8(9)6-10/h4-5H,3,6,10H2,1-2H3. The van der Waals surface area contributed by atoms with Gasteiger partial charge in [-0.1, -0.05) is 0 Å². The second-order valence-corrected chi connectivity index (χ2v) is 2.52. The summed E-state index contributed by atoms with van der Waals surface area (Å²) in [6, 6.07) is 1.89. The van der Waals surface area contributed by atoms with E-state index in [1.54, 1.807) is 6.20 Å². The Labute approximate surface area is 72.6 Å². The minimum atomic E-state index is 0.499. The number of aryl methyl sites for hydroxylation is 1. The maximum atomic E-state index is 5.54. The molecule has 0 bridgehead atoms. The van der Waals surface area contributed by atoms with Gasteiger partial charge in [-0.15, -0.1) is 0 Å². The smallest absolute Gasteiger partial charge is 0.144 e. The molecule has 0 saturated heterocycles. The summed E-state index contributed by atoms with van der Waals surface area (Å²) in [5.74, 6) is 0.836. The number of aromatic nitrogens is 1. The van der Waals surface area contributed by atoms with E-state index in [9.17, 15) is 0 Å². The highest BCUT2D eigenvalue weighted by molar-refractivity contribution is 5.35. The van der Waals surface area contributed by atoms with E-state index in [0.717, 1.165) is 17.0 Å². The van der Waals surface area contributed by atoms with Crippen LogP contribution in [0.4, 0.5) is 0 Å². The van der Waals surface area contributed by atoms with Crippen LogP contribution in [0, 0.1) is 6.92 Å². The molecule has 0 fully saturated rings. The van der Waals surface area contributed by atoms with Crippen LogP contribution < -0.4 is 10.5 Å². The SMILES string of the molecule is CCOc1c(CN)ccnc1C. The molecule has 1 aromatic heterocycles. The van der Waals surface area contributed by atoms with E-state index in [0.29, 0.717) is 13.2 Å². The molecule has 0 amide bonds. The molecule has 0 aromatic carbocycles. The van der Waals surface area contributed by atoms with Crippen LogP contribution in [0.25, 0.3) is 0 Å². The van der Waals surface area contributed by atoms with E-state index < -0.39 is 0 Å². The van der Waals surface area contributed by atoms with Crippen LogP contribution in [0.5, 0.6) is 5.75 Å². The van der Waals surface area contributed by atoms with E-state index in [4.69, 9.17) is 10.5 Å². The first-order valence-electron chi connectivity index (χ1n) is 4.07. The summed E-state index contributed by atoms with van der Waals surface area (Å²) in [5, 5.41) is 0. The Morgan fingerprint density at radius 3 is 2.92 bits per heavy atom. The second kappa shape index (κ2) is 4.07. The Bertz CT molecular complexity index is 261. The molecular formula is C9H14N2O. The lowest BCUT2D eigenvalue weighted by Crippen LogP contribution is -2.04. The van der Waals surface area contributed by atoms with Gasteiger partial charge < -0.3 is 10.5 Å². The highest BCUT2D eigenvalue weighted by Gasteiger charge is 2.04. The maximum absolute atomic E-state index is 5.54. The van der Waals surface area contributed by atoms with Gasteiger partial charge in [0, 0.05) is 18.3 Å². The van der Waals surface area contributed by atoms with E-state index in [1.165, 1.54) is 0 Å². The van der Waals surface area contributed by atoms with Crippen LogP contribution in [-0.4, -0.2) is 11.6 Å². The Hall–Kier alpha value is -1.09. The summed E-state index contributed by atoms with van der Waals surface area (Å²) in [6.45, 7) is 5.02. The van der Waals surface area contributed by atoms with Gasteiger partial charge in [-0.2, -0.15) is 0 Å². The lowest BCUT2D eigenvalue weighted by Gasteiger charge is -2.09. The lowest BCUT2D eigenvalue weighted by atomic mass is 10.2. The molecular weight excluding hydrogens is 152 g/mol. The highest BCUT2D eigenvalue weighted by Crippen LogP contribution is 2.20. The molecule has 1 heterocycles. The monoisotopic (exact) mass is 166 g/mol. The van der Waals surface area contributed by atoms with Crippen molar-refractivity contribution in [1.29, 1.82) is 0 Å². The summed E-state index contributed by atoms with van der Waals surface area (Å²) in [4.78, 5) is 4.13.